The van der Waals surface area contributed by atoms with Crippen LogP contribution in [0.2, 0.25) is 0 Å². The fourth-order valence-electron chi connectivity index (χ4n) is 4.25. The predicted molar refractivity (Wildman–Crippen MR) is 132 cm³/mol. The molecule has 0 unspecified atom stereocenters. The number of pyridine rings is 1. The van der Waals surface area contributed by atoms with E-state index in [1.807, 2.05) is 26.1 Å². The smallest absolute Gasteiger partial charge is 0.247 e. The van der Waals surface area contributed by atoms with E-state index in [4.69, 9.17) is 4.74 Å². The van der Waals surface area contributed by atoms with Crippen LogP contribution in [0.25, 0.3) is 11.1 Å². The first-order valence-electron chi connectivity index (χ1n) is 11.6. The molecule has 0 fully saturated rings. The molecule has 10 heteroatoms. The number of hydrogen-bond donors (Lipinski definition) is 1. The van der Waals surface area contributed by atoms with Crippen LogP contribution >= 0.6 is 0 Å². The molecule has 0 saturated carbocycles. The third-order valence-corrected chi connectivity index (χ3v) is 8.24. The summed E-state index contributed by atoms with van der Waals surface area (Å²) in [5.74, 6) is 0.165. The maximum absolute atomic E-state index is 13.6. The van der Waals surface area contributed by atoms with Gasteiger partial charge in [-0.3, -0.25) is 9.88 Å². The highest BCUT2D eigenvalue weighted by molar-refractivity contribution is 7.89. The molecule has 1 N–H and O–H groups in total. The Kier molecular flexibility index (Phi) is 7.75. The standard InChI is InChI=1S/C25H31N5O4S/c1-18-13-30(19(2)16-31)35(32,33)25-7-6-21(22-5-4-8-26-12-22)9-23(25)34-24(18)15-29(3)14-20-10-27-17-28-11-20/h4-12,17-19,24,31H,13-16H2,1-3H3/t18-,19-,24-/m0/s1. The lowest BCUT2D eigenvalue weighted by molar-refractivity contribution is 0.0733. The Bertz CT molecular complexity index is 1230. The van der Waals surface area contributed by atoms with Crippen LogP contribution in [0.4, 0.5) is 0 Å². The van der Waals surface area contributed by atoms with Gasteiger partial charge in [-0.2, -0.15) is 4.31 Å². The number of benzene rings is 1. The van der Waals surface area contributed by atoms with E-state index in [1.165, 1.54) is 10.6 Å². The Morgan fingerprint density at radius 1 is 1.17 bits per heavy atom. The molecule has 0 radical (unpaired) electrons. The van der Waals surface area contributed by atoms with Gasteiger partial charge in [-0.1, -0.05) is 19.1 Å². The zero-order valence-corrected chi connectivity index (χ0v) is 21.0. The van der Waals surface area contributed by atoms with Crippen molar-refractivity contribution < 1.29 is 18.3 Å². The van der Waals surface area contributed by atoms with E-state index < -0.39 is 16.1 Å². The molecule has 1 aliphatic heterocycles. The minimum atomic E-state index is -3.88. The van der Waals surface area contributed by atoms with Gasteiger partial charge in [0.25, 0.3) is 0 Å². The summed E-state index contributed by atoms with van der Waals surface area (Å²) in [5, 5.41) is 9.82. The van der Waals surface area contributed by atoms with Crippen molar-refractivity contribution in [3.8, 4) is 16.9 Å². The molecule has 9 nitrogen and oxygen atoms in total. The van der Waals surface area contributed by atoms with E-state index in [1.54, 1.807) is 49.9 Å². The number of aliphatic hydroxyl groups is 1. The highest BCUT2D eigenvalue weighted by atomic mass is 32.2. The van der Waals surface area contributed by atoms with E-state index in [2.05, 4.69) is 19.9 Å². The number of fused-ring (bicyclic) bond motifs is 1. The SMILES string of the molecule is C[C@H]1CN([C@@H](C)CO)S(=O)(=O)c2ccc(-c3cccnc3)cc2O[C@H]1CN(C)Cc1cncnc1. The number of rotatable bonds is 7. The van der Waals surface area contributed by atoms with Crippen molar-refractivity contribution in [1.82, 2.24) is 24.2 Å². The molecular formula is C25H31N5O4S. The number of ether oxygens (including phenoxy) is 1. The molecule has 2 aromatic heterocycles. The summed E-state index contributed by atoms with van der Waals surface area (Å²) >= 11 is 0. The summed E-state index contributed by atoms with van der Waals surface area (Å²) in [4.78, 5) is 14.5. The van der Waals surface area contributed by atoms with Gasteiger partial charge in [0.05, 0.1) is 6.61 Å². The highest BCUT2D eigenvalue weighted by Gasteiger charge is 2.38. The van der Waals surface area contributed by atoms with Gasteiger partial charge in [-0.05, 0) is 37.7 Å². The van der Waals surface area contributed by atoms with Crippen LogP contribution in [0.5, 0.6) is 5.75 Å². The van der Waals surface area contributed by atoms with Gasteiger partial charge in [0.1, 0.15) is 23.1 Å². The van der Waals surface area contributed by atoms with Gasteiger partial charge < -0.3 is 9.84 Å². The van der Waals surface area contributed by atoms with Crippen molar-refractivity contribution in [2.45, 2.75) is 37.4 Å². The fraction of sp³-hybridized carbons (Fsp3) is 0.400. The third kappa shape index (κ3) is 5.67. The van der Waals surface area contributed by atoms with Crippen LogP contribution < -0.4 is 4.74 Å². The van der Waals surface area contributed by atoms with E-state index in [9.17, 15) is 13.5 Å². The largest absolute Gasteiger partial charge is 0.487 e. The van der Waals surface area contributed by atoms with Crippen LogP contribution in [0.15, 0.2) is 66.3 Å². The first-order valence-corrected chi connectivity index (χ1v) is 13.0. The molecule has 0 amide bonds. The van der Waals surface area contributed by atoms with E-state index in [0.29, 0.717) is 18.8 Å². The van der Waals surface area contributed by atoms with Crippen molar-refractivity contribution >= 4 is 10.0 Å². The van der Waals surface area contributed by atoms with E-state index in [-0.39, 0.29) is 30.1 Å². The summed E-state index contributed by atoms with van der Waals surface area (Å²) < 4.78 is 35.1. The molecule has 0 bridgehead atoms. The molecule has 3 heterocycles. The third-order valence-electron chi connectivity index (χ3n) is 6.22. The maximum atomic E-state index is 13.6. The predicted octanol–water partition coefficient (Wildman–Crippen LogP) is 2.44. The summed E-state index contributed by atoms with van der Waals surface area (Å²) in [6.45, 7) is 4.86. The van der Waals surface area contributed by atoms with Gasteiger partial charge in [0, 0.05) is 67.5 Å². The quantitative estimate of drug-likeness (QED) is 0.530. The maximum Gasteiger partial charge on any atom is 0.247 e. The molecule has 35 heavy (non-hydrogen) atoms. The average Bonchev–Trinajstić information content (AvgIpc) is 2.86. The monoisotopic (exact) mass is 497 g/mol. The first-order chi connectivity index (χ1) is 16.8. The lowest BCUT2D eigenvalue weighted by Gasteiger charge is -2.37. The zero-order valence-electron chi connectivity index (χ0n) is 20.2. The number of likely N-dealkylation sites (N-methyl/N-ethyl adjacent to an activating group) is 1. The van der Waals surface area contributed by atoms with Crippen LogP contribution in [0.1, 0.15) is 19.4 Å². The number of aliphatic hydroxyl groups excluding tert-OH is 1. The first kappa shape index (κ1) is 25.2. The lowest BCUT2D eigenvalue weighted by atomic mass is 10.0. The Morgan fingerprint density at radius 3 is 2.63 bits per heavy atom. The molecule has 0 saturated heterocycles. The van der Waals surface area contributed by atoms with Crippen molar-refractivity contribution in [2.24, 2.45) is 5.92 Å². The van der Waals surface area contributed by atoms with Crippen molar-refractivity contribution in [2.75, 3.05) is 26.7 Å². The number of nitrogens with zero attached hydrogens (tertiary/aromatic N) is 5. The Hall–Kier alpha value is -2.92. The normalized spacial score (nSPS) is 20.9. The second-order valence-corrected chi connectivity index (χ2v) is 10.9. The summed E-state index contributed by atoms with van der Waals surface area (Å²) in [6, 6.07) is 8.30. The number of aromatic nitrogens is 3. The average molecular weight is 498 g/mol. The summed E-state index contributed by atoms with van der Waals surface area (Å²) in [6.07, 6.45) is 8.18. The number of sulfonamides is 1. The minimum Gasteiger partial charge on any atom is -0.487 e. The number of hydrogen-bond acceptors (Lipinski definition) is 8. The molecule has 1 aliphatic rings. The summed E-state index contributed by atoms with van der Waals surface area (Å²) in [7, 11) is -1.90. The summed E-state index contributed by atoms with van der Waals surface area (Å²) in [5.41, 5.74) is 2.66. The van der Waals surface area contributed by atoms with Crippen LogP contribution in [-0.4, -0.2) is 76.6 Å². The topological polar surface area (TPSA) is 109 Å². The van der Waals surface area contributed by atoms with Gasteiger partial charge in [-0.25, -0.2) is 18.4 Å². The van der Waals surface area contributed by atoms with Gasteiger partial charge in [0.2, 0.25) is 10.0 Å². The minimum absolute atomic E-state index is 0.0986. The molecule has 4 rings (SSSR count). The van der Waals surface area contributed by atoms with E-state index in [0.717, 1.165) is 16.7 Å². The van der Waals surface area contributed by atoms with Crippen LogP contribution in [0, 0.1) is 5.92 Å². The Labute approximate surface area is 206 Å². The molecule has 186 valence electrons. The van der Waals surface area contributed by atoms with Crippen LogP contribution in [-0.2, 0) is 16.6 Å². The van der Waals surface area contributed by atoms with Crippen molar-refractivity contribution in [1.29, 1.82) is 0 Å². The fourth-order valence-corrected chi connectivity index (χ4v) is 6.08. The second kappa shape index (κ2) is 10.8. The second-order valence-electron chi connectivity index (χ2n) is 9.09. The molecule has 1 aromatic carbocycles. The van der Waals surface area contributed by atoms with E-state index >= 15 is 0 Å². The Morgan fingerprint density at radius 2 is 1.94 bits per heavy atom. The Balaban J connectivity index is 1.72. The van der Waals surface area contributed by atoms with Gasteiger partial charge in [0.15, 0.2) is 0 Å². The van der Waals surface area contributed by atoms with Crippen LogP contribution in [0.3, 0.4) is 0 Å². The molecule has 0 aliphatic carbocycles. The lowest BCUT2D eigenvalue weighted by Crippen LogP contribution is -2.49. The van der Waals surface area contributed by atoms with Crippen molar-refractivity contribution in [3.63, 3.8) is 0 Å². The molecule has 3 atom stereocenters. The molecular weight excluding hydrogens is 466 g/mol. The van der Waals surface area contributed by atoms with Crippen molar-refractivity contribution in [3.05, 3.63) is 67.0 Å². The highest BCUT2D eigenvalue weighted by Crippen LogP contribution is 2.36. The zero-order chi connectivity index (χ0) is 25.0. The van der Waals surface area contributed by atoms with Gasteiger partial charge >= 0.3 is 0 Å². The van der Waals surface area contributed by atoms with Gasteiger partial charge in [-0.15, -0.1) is 0 Å². The molecule has 0 spiro atoms. The molecule has 3 aromatic rings.